The molecular formula is C18H24N2O2S. The molecule has 1 aromatic rings. The smallest absolute Gasteiger partial charge is 0.230 e. The minimum absolute atomic E-state index is 0.00188. The molecule has 1 unspecified atom stereocenters. The molecule has 3 rings (SSSR count). The molecule has 1 aromatic carbocycles. The molecule has 2 amide bonds. The molecule has 0 N–H and O–H groups in total. The monoisotopic (exact) mass is 332 g/mol. The SMILES string of the molecule is O=C1CCCC(=O)N1CN1CCCC(CSc2ccccc2)C1. The Hall–Kier alpha value is -1.33. The van der Waals surface area contributed by atoms with E-state index >= 15 is 0 Å². The number of hydrogen-bond donors (Lipinski definition) is 0. The number of imide groups is 1. The van der Waals surface area contributed by atoms with Crippen LogP contribution < -0.4 is 0 Å². The molecule has 0 spiro atoms. The third-order valence-electron chi connectivity index (χ3n) is 4.56. The van der Waals surface area contributed by atoms with Crippen molar-refractivity contribution in [1.82, 2.24) is 9.80 Å². The second kappa shape index (κ2) is 7.97. The van der Waals surface area contributed by atoms with E-state index in [-0.39, 0.29) is 11.8 Å². The number of rotatable bonds is 5. The molecule has 2 aliphatic rings. The molecule has 0 aliphatic carbocycles. The van der Waals surface area contributed by atoms with Gasteiger partial charge in [-0.25, -0.2) is 0 Å². The van der Waals surface area contributed by atoms with E-state index in [1.165, 1.54) is 16.2 Å². The number of piperidine rings is 2. The average Bonchev–Trinajstić information content (AvgIpc) is 2.58. The number of hydrogen-bond acceptors (Lipinski definition) is 4. The lowest BCUT2D eigenvalue weighted by Crippen LogP contribution is -2.49. The highest BCUT2D eigenvalue weighted by molar-refractivity contribution is 7.99. The van der Waals surface area contributed by atoms with E-state index in [1.807, 2.05) is 17.8 Å². The van der Waals surface area contributed by atoms with E-state index in [4.69, 9.17) is 0 Å². The minimum Gasteiger partial charge on any atom is -0.285 e. The predicted molar refractivity (Wildman–Crippen MR) is 92.0 cm³/mol. The molecule has 5 heteroatoms. The molecule has 2 heterocycles. The predicted octanol–water partition coefficient (Wildman–Crippen LogP) is 2.99. The summed E-state index contributed by atoms with van der Waals surface area (Å²) < 4.78 is 0. The summed E-state index contributed by atoms with van der Waals surface area (Å²) in [6.45, 7) is 2.46. The first kappa shape index (κ1) is 16.5. The van der Waals surface area contributed by atoms with E-state index in [9.17, 15) is 9.59 Å². The Morgan fingerprint density at radius 1 is 1.04 bits per heavy atom. The van der Waals surface area contributed by atoms with Crippen molar-refractivity contribution in [3.05, 3.63) is 30.3 Å². The summed E-state index contributed by atoms with van der Waals surface area (Å²) in [6, 6.07) is 10.5. The van der Waals surface area contributed by atoms with E-state index in [1.54, 1.807) is 0 Å². The van der Waals surface area contributed by atoms with Crippen LogP contribution in [0.25, 0.3) is 0 Å². The minimum atomic E-state index is 0.00188. The number of thioether (sulfide) groups is 1. The van der Waals surface area contributed by atoms with Gasteiger partial charge in [-0.2, -0.15) is 0 Å². The molecule has 2 aliphatic heterocycles. The number of carbonyl (C=O) groups excluding carboxylic acids is 2. The van der Waals surface area contributed by atoms with Crippen molar-refractivity contribution in [3.8, 4) is 0 Å². The van der Waals surface area contributed by atoms with Crippen LogP contribution in [0, 0.1) is 5.92 Å². The second-order valence-electron chi connectivity index (χ2n) is 6.42. The highest BCUT2D eigenvalue weighted by Gasteiger charge is 2.29. The molecule has 124 valence electrons. The Balaban J connectivity index is 1.50. The largest absolute Gasteiger partial charge is 0.285 e. The molecule has 23 heavy (non-hydrogen) atoms. The molecular weight excluding hydrogens is 308 g/mol. The topological polar surface area (TPSA) is 40.6 Å². The van der Waals surface area contributed by atoms with E-state index in [0.717, 1.165) is 25.3 Å². The summed E-state index contributed by atoms with van der Waals surface area (Å²) in [5.41, 5.74) is 0. The molecule has 0 radical (unpaired) electrons. The Labute approximate surface area is 142 Å². The molecule has 1 atom stereocenters. The van der Waals surface area contributed by atoms with Gasteiger partial charge in [-0.15, -0.1) is 11.8 Å². The van der Waals surface area contributed by atoms with Crippen molar-refractivity contribution in [2.75, 3.05) is 25.5 Å². The average molecular weight is 332 g/mol. The highest BCUT2D eigenvalue weighted by atomic mass is 32.2. The zero-order chi connectivity index (χ0) is 16.1. The number of benzene rings is 1. The molecule has 0 saturated carbocycles. The molecule has 4 nitrogen and oxygen atoms in total. The van der Waals surface area contributed by atoms with Gasteiger partial charge < -0.3 is 0 Å². The first-order valence-corrected chi connectivity index (χ1v) is 9.44. The van der Waals surface area contributed by atoms with Crippen molar-refractivity contribution >= 4 is 23.6 Å². The van der Waals surface area contributed by atoms with Crippen LogP contribution in [0.1, 0.15) is 32.1 Å². The first-order chi connectivity index (χ1) is 11.2. The summed E-state index contributed by atoms with van der Waals surface area (Å²) in [4.78, 5) is 28.9. The quantitative estimate of drug-likeness (QED) is 0.614. The van der Waals surface area contributed by atoms with Crippen LogP contribution in [0.5, 0.6) is 0 Å². The van der Waals surface area contributed by atoms with Crippen LogP contribution >= 0.6 is 11.8 Å². The van der Waals surface area contributed by atoms with Crippen LogP contribution in [-0.4, -0.2) is 47.1 Å². The van der Waals surface area contributed by atoms with Gasteiger partial charge in [0.15, 0.2) is 0 Å². The zero-order valence-corrected chi connectivity index (χ0v) is 14.3. The van der Waals surface area contributed by atoms with Gasteiger partial charge >= 0.3 is 0 Å². The number of carbonyl (C=O) groups is 2. The molecule has 0 aromatic heterocycles. The van der Waals surface area contributed by atoms with Gasteiger partial charge in [0.1, 0.15) is 0 Å². The second-order valence-corrected chi connectivity index (χ2v) is 7.51. The zero-order valence-electron chi connectivity index (χ0n) is 13.4. The van der Waals surface area contributed by atoms with Crippen molar-refractivity contribution in [2.24, 2.45) is 5.92 Å². The number of likely N-dealkylation sites (tertiary alicyclic amines) is 2. The lowest BCUT2D eigenvalue weighted by atomic mass is 10.0. The van der Waals surface area contributed by atoms with Gasteiger partial charge in [0.25, 0.3) is 0 Å². The summed E-state index contributed by atoms with van der Waals surface area (Å²) in [6.07, 6.45) is 4.14. The van der Waals surface area contributed by atoms with E-state index in [0.29, 0.717) is 31.8 Å². The van der Waals surface area contributed by atoms with Crippen molar-refractivity contribution in [2.45, 2.75) is 37.0 Å². The fourth-order valence-corrected chi connectivity index (χ4v) is 4.35. The summed E-state index contributed by atoms with van der Waals surface area (Å²) >= 11 is 1.90. The molecule has 0 bridgehead atoms. The van der Waals surface area contributed by atoms with Crippen LogP contribution in [0.3, 0.4) is 0 Å². The molecule has 2 fully saturated rings. The van der Waals surface area contributed by atoms with Crippen molar-refractivity contribution in [1.29, 1.82) is 0 Å². The number of nitrogens with zero attached hydrogens (tertiary/aromatic N) is 2. The Bertz CT molecular complexity index is 533. The summed E-state index contributed by atoms with van der Waals surface area (Å²) in [5.74, 6) is 1.73. The Kier molecular flexibility index (Phi) is 5.73. The fraction of sp³-hybridized carbons (Fsp3) is 0.556. The van der Waals surface area contributed by atoms with Crippen LogP contribution in [0.15, 0.2) is 35.2 Å². The van der Waals surface area contributed by atoms with Crippen LogP contribution in [0.4, 0.5) is 0 Å². The third-order valence-corrected chi connectivity index (χ3v) is 5.80. The highest BCUT2D eigenvalue weighted by Crippen LogP contribution is 2.26. The maximum Gasteiger partial charge on any atom is 0.230 e. The van der Waals surface area contributed by atoms with E-state index < -0.39 is 0 Å². The van der Waals surface area contributed by atoms with E-state index in [2.05, 4.69) is 29.2 Å². The maximum absolute atomic E-state index is 11.9. The van der Waals surface area contributed by atoms with Gasteiger partial charge in [-0.1, -0.05) is 18.2 Å². The van der Waals surface area contributed by atoms with Crippen LogP contribution in [-0.2, 0) is 9.59 Å². The Morgan fingerprint density at radius 2 is 1.78 bits per heavy atom. The van der Waals surface area contributed by atoms with Crippen molar-refractivity contribution in [3.63, 3.8) is 0 Å². The van der Waals surface area contributed by atoms with Crippen molar-refractivity contribution < 1.29 is 9.59 Å². The Morgan fingerprint density at radius 3 is 2.52 bits per heavy atom. The normalized spacial score (nSPS) is 23.3. The molecule has 2 saturated heterocycles. The standard InChI is InChI=1S/C18H24N2O2S/c21-17-9-4-10-18(22)20(17)14-19-11-5-6-15(12-19)13-23-16-7-2-1-3-8-16/h1-3,7-8,15H,4-6,9-14H2. The third kappa shape index (κ3) is 4.58. The van der Waals surface area contributed by atoms with Gasteiger partial charge in [0, 0.05) is 30.0 Å². The summed E-state index contributed by atoms with van der Waals surface area (Å²) in [7, 11) is 0. The van der Waals surface area contributed by atoms with Gasteiger partial charge in [0.05, 0.1) is 6.67 Å². The van der Waals surface area contributed by atoms with Gasteiger partial charge in [0.2, 0.25) is 11.8 Å². The van der Waals surface area contributed by atoms with Crippen LogP contribution in [0.2, 0.25) is 0 Å². The summed E-state index contributed by atoms with van der Waals surface area (Å²) in [5, 5.41) is 0. The lowest BCUT2D eigenvalue weighted by molar-refractivity contribution is -0.151. The fourth-order valence-electron chi connectivity index (χ4n) is 3.30. The maximum atomic E-state index is 11.9. The van der Waals surface area contributed by atoms with Gasteiger partial charge in [-0.05, 0) is 43.9 Å². The van der Waals surface area contributed by atoms with Gasteiger partial charge in [-0.3, -0.25) is 19.4 Å². The lowest BCUT2D eigenvalue weighted by Gasteiger charge is -2.36. The first-order valence-electron chi connectivity index (χ1n) is 8.46. The number of amides is 2.